The molecule has 1 heterocycles. The third kappa shape index (κ3) is 2.13. The zero-order valence-electron chi connectivity index (χ0n) is 9.36. The predicted octanol–water partition coefficient (Wildman–Crippen LogP) is 3.49. The normalized spacial score (nSPS) is 17.1. The molecule has 0 fully saturated rings. The Morgan fingerprint density at radius 2 is 2.12 bits per heavy atom. The molecule has 1 N–H and O–H groups in total. The van der Waals surface area contributed by atoms with Crippen LogP contribution in [0.5, 0.6) is 0 Å². The van der Waals surface area contributed by atoms with Gasteiger partial charge in [0.25, 0.3) is 0 Å². The largest absolute Gasteiger partial charge is 0.369 e. The second-order valence-electron chi connectivity index (χ2n) is 4.34. The van der Waals surface area contributed by atoms with Crippen LogP contribution in [0.3, 0.4) is 0 Å². The van der Waals surface area contributed by atoms with Crippen molar-refractivity contribution in [3.8, 4) is 0 Å². The van der Waals surface area contributed by atoms with E-state index in [1.54, 1.807) is 6.20 Å². The standard InChI is InChI=1S/C14H13ClN2/c15-12-5-6-14(17-9-12)16-8-11-7-10-3-1-2-4-13(10)11/h1-6,9,11H,7-8H2,(H,16,17). The first-order chi connectivity index (χ1) is 8.33. The molecule has 0 aliphatic heterocycles. The highest BCUT2D eigenvalue weighted by atomic mass is 35.5. The van der Waals surface area contributed by atoms with Crippen molar-refractivity contribution in [2.75, 3.05) is 11.9 Å². The van der Waals surface area contributed by atoms with Crippen molar-refractivity contribution in [1.29, 1.82) is 0 Å². The van der Waals surface area contributed by atoms with Gasteiger partial charge in [0, 0.05) is 18.7 Å². The van der Waals surface area contributed by atoms with Crippen LogP contribution in [0.4, 0.5) is 5.82 Å². The lowest BCUT2D eigenvalue weighted by Crippen LogP contribution is -2.24. The van der Waals surface area contributed by atoms with Gasteiger partial charge in [-0.1, -0.05) is 35.9 Å². The highest BCUT2D eigenvalue weighted by Gasteiger charge is 2.24. The number of aromatic nitrogens is 1. The number of pyridine rings is 1. The average Bonchev–Trinajstić information content (AvgIpc) is 2.33. The van der Waals surface area contributed by atoms with Gasteiger partial charge in [0.05, 0.1) is 5.02 Å². The van der Waals surface area contributed by atoms with E-state index in [1.807, 2.05) is 12.1 Å². The number of hydrogen-bond donors (Lipinski definition) is 1. The Morgan fingerprint density at radius 3 is 2.88 bits per heavy atom. The summed E-state index contributed by atoms with van der Waals surface area (Å²) in [5.41, 5.74) is 2.94. The maximum absolute atomic E-state index is 5.79. The Bertz CT molecular complexity index is 522. The van der Waals surface area contributed by atoms with Crippen LogP contribution in [0.15, 0.2) is 42.6 Å². The fourth-order valence-electron chi connectivity index (χ4n) is 2.25. The van der Waals surface area contributed by atoms with Gasteiger partial charge in [0.1, 0.15) is 5.82 Å². The summed E-state index contributed by atoms with van der Waals surface area (Å²) in [5, 5.41) is 4.02. The van der Waals surface area contributed by atoms with Crippen LogP contribution < -0.4 is 5.32 Å². The molecule has 1 aromatic heterocycles. The van der Waals surface area contributed by atoms with E-state index in [4.69, 9.17) is 11.6 Å². The van der Waals surface area contributed by atoms with E-state index in [0.717, 1.165) is 18.8 Å². The first-order valence-corrected chi connectivity index (χ1v) is 6.14. The summed E-state index contributed by atoms with van der Waals surface area (Å²) in [6.45, 7) is 0.936. The van der Waals surface area contributed by atoms with Gasteiger partial charge in [-0.25, -0.2) is 4.98 Å². The molecule has 0 amide bonds. The molecule has 1 unspecified atom stereocenters. The van der Waals surface area contributed by atoms with Gasteiger partial charge < -0.3 is 5.32 Å². The van der Waals surface area contributed by atoms with E-state index in [2.05, 4.69) is 34.6 Å². The van der Waals surface area contributed by atoms with Gasteiger partial charge in [-0.2, -0.15) is 0 Å². The molecular formula is C14H13ClN2. The van der Waals surface area contributed by atoms with Gasteiger partial charge in [0.15, 0.2) is 0 Å². The molecular weight excluding hydrogens is 232 g/mol. The van der Waals surface area contributed by atoms with E-state index in [9.17, 15) is 0 Å². The number of halogens is 1. The Labute approximate surface area is 106 Å². The minimum atomic E-state index is 0.615. The minimum absolute atomic E-state index is 0.615. The second-order valence-corrected chi connectivity index (χ2v) is 4.78. The van der Waals surface area contributed by atoms with Crippen molar-refractivity contribution in [2.24, 2.45) is 0 Å². The predicted molar refractivity (Wildman–Crippen MR) is 70.6 cm³/mol. The first kappa shape index (κ1) is 10.6. The Kier molecular flexibility index (Phi) is 2.73. The van der Waals surface area contributed by atoms with Gasteiger partial charge in [0.2, 0.25) is 0 Å². The van der Waals surface area contributed by atoms with Crippen LogP contribution in [0, 0.1) is 0 Å². The molecule has 86 valence electrons. The Morgan fingerprint density at radius 1 is 1.24 bits per heavy atom. The van der Waals surface area contributed by atoms with E-state index >= 15 is 0 Å². The maximum atomic E-state index is 5.79. The lowest BCUT2D eigenvalue weighted by Gasteiger charge is -2.30. The third-order valence-electron chi connectivity index (χ3n) is 3.22. The molecule has 0 spiro atoms. The van der Waals surface area contributed by atoms with Gasteiger partial charge in [-0.15, -0.1) is 0 Å². The lowest BCUT2D eigenvalue weighted by atomic mass is 9.77. The van der Waals surface area contributed by atoms with Crippen molar-refractivity contribution in [2.45, 2.75) is 12.3 Å². The highest BCUT2D eigenvalue weighted by molar-refractivity contribution is 6.30. The monoisotopic (exact) mass is 244 g/mol. The Balaban J connectivity index is 1.62. The SMILES string of the molecule is Clc1ccc(NCC2Cc3ccccc32)nc1. The number of hydrogen-bond acceptors (Lipinski definition) is 2. The number of rotatable bonds is 3. The molecule has 0 radical (unpaired) electrons. The number of nitrogens with one attached hydrogen (secondary N) is 1. The van der Waals surface area contributed by atoms with Crippen LogP contribution in [0.25, 0.3) is 0 Å². The Hall–Kier alpha value is -1.54. The number of fused-ring (bicyclic) bond motifs is 1. The van der Waals surface area contributed by atoms with Crippen LogP contribution in [-0.2, 0) is 6.42 Å². The molecule has 0 saturated heterocycles. The molecule has 1 aliphatic rings. The van der Waals surface area contributed by atoms with E-state index in [0.29, 0.717) is 10.9 Å². The quantitative estimate of drug-likeness (QED) is 0.894. The van der Waals surface area contributed by atoms with Crippen LogP contribution in [-0.4, -0.2) is 11.5 Å². The number of anilines is 1. The summed E-state index contributed by atoms with van der Waals surface area (Å²) in [5.74, 6) is 1.50. The fraction of sp³-hybridized carbons (Fsp3) is 0.214. The van der Waals surface area contributed by atoms with E-state index in [1.165, 1.54) is 11.1 Å². The van der Waals surface area contributed by atoms with Gasteiger partial charge in [-0.3, -0.25) is 0 Å². The van der Waals surface area contributed by atoms with Crippen molar-refractivity contribution in [3.63, 3.8) is 0 Å². The molecule has 17 heavy (non-hydrogen) atoms. The summed E-state index contributed by atoms with van der Waals surface area (Å²) < 4.78 is 0. The van der Waals surface area contributed by atoms with Crippen LogP contribution >= 0.6 is 11.6 Å². The summed E-state index contributed by atoms with van der Waals surface area (Å²) in [4.78, 5) is 4.22. The van der Waals surface area contributed by atoms with E-state index < -0.39 is 0 Å². The average molecular weight is 245 g/mol. The zero-order chi connectivity index (χ0) is 11.7. The molecule has 1 aromatic carbocycles. The van der Waals surface area contributed by atoms with Gasteiger partial charge >= 0.3 is 0 Å². The molecule has 1 aliphatic carbocycles. The number of nitrogens with zero attached hydrogens (tertiary/aromatic N) is 1. The maximum Gasteiger partial charge on any atom is 0.126 e. The molecule has 0 saturated carbocycles. The third-order valence-corrected chi connectivity index (χ3v) is 3.44. The first-order valence-electron chi connectivity index (χ1n) is 5.76. The zero-order valence-corrected chi connectivity index (χ0v) is 10.1. The topological polar surface area (TPSA) is 24.9 Å². The molecule has 1 atom stereocenters. The van der Waals surface area contributed by atoms with Crippen LogP contribution in [0.2, 0.25) is 5.02 Å². The van der Waals surface area contributed by atoms with E-state index in [-0.39, 0.29) is 0 Å². The summed E-state index contributed by atoms with van der Waals surface area (Å²) >= 11 is 5.79. The summed E-state index contributed by atoms with van der Waals surface area (Å²) in [6, 6.07) is 12.4. The second kappa shape index (κ2) is 4.38. The lowest BCUT2D eigenvalue weighted by molar-refractivity contribution is 0.634. The van der Waals surface area contributed by atoms with Crippen molar-refractivity contribution in [1.82, 2.24) is 4.98 Å². The number of benzene rings is 1. The van der Waals surface area contributed by atoms with Crippen molar-refractivity contribution < 1.29 is 0 Å². The van der Waals surface area contributed by atoms with Gasteiger partial charge in [-0.05, 0) is 29.7 Å². The molecule has 3 rings (SSSR count). The minimum Gasteiger partial charge on any atom is -0.369 e. The summed E-state index contributed by atoms with van der Waals surface area (Å²) in [7, 11) is 0. The van der Waals surface area contributed by atoms with Crippen molar-refractivity contribution in [3.05, 3.63) is 58.7 Å². The molecule has 2 nitrogen and oxygen atoms in total. The highest BCUT2D eigenvalue weighted by Crippen LogP contribution is 2.34. The smallest absolute Gasteiger partial charge is 0.126 e. The molecule has 0 bridgehead atoms. The molecule has 3 heteroatoms. The van der Waals surface area contributed by atoms with Crippen molar-refractivity contribution >= 4 is 17.4 Å². The summed E-state index contributed by atoms with van der Waals surface area (Å²) in [6.07, 6.45) is 2.83. The molecule has 2 aromatic rings. The fourth-order valence-corrected chi connectivity index (χ4v) is 2.36. The van der Waals surface area contributed by atoms with Crippen LogP contribution in [0.1, 0.15) is 17.0 Å².